The molecule has 2 aliphatic heterocycles. The quantitative estimate of drug-likeness (QED) is 0.302. The highest BCUT2D eigenvalue weighted by molar-refractivity contribution is 7.89. The number of sulfonamides is 1. The zero-order valence-electron chi connectivity index (χ0n) is 23.7. The first-order chi connectivity index (χ1) is 19.9. The molecule has 0 aromatic heterocycles. The predicted octanol–water partition coefficient (Wildman–Crippen LogP) is 3.42. The van der Waals surface area contributed by atoms with Gasteiger partial charge in [0.15, 0.2) is 0 Å². The highest BCUT2D eigenvalue weighted by Gasteiger charge is 2.30. The molecule has 5 rings (SSSR count). The molecule has 41 heavy (non-hydrogen) atoms. The lowest BCUT2D eigenvalue weighted by Crippen LogP contribution is -2.43. The summed E-state index contributed by atoms with van der Waals surface area (Å²) in [5.41, 5.74) is 2.50. The molecule has 2 aromatic carbocycles. The molecule has 2 aromatic rings. The van der Waals surface area contributed by atoms with E-state index in [0.717, 1.165) is 83.1 Å². The van der Waals surface area contributed by atoms with Crippen molar-refractivity contribution < 1.29 is 18.0 Å². The molecule has 3 atom stereocenters. The fraction of sp³-hybridized carbons (Fsp3) is 0.548. The van der Waals surface area contributed by atoms with Crippen molar-refractivity contribution in [1.82, 2.24) is 15.4 Å². The first-order valence-corrected chi connectivity index (χ1v) is 16.6. The van der Waals surface area contributed by atoms with Crippen LogP contribution in [0.5, 0.6) is 0 Å². The molecule has 0 spiro atoms. The average Bonchev–Trinajstić information content (AvgIpc) is 3.54. The standard InChI is InChI=1S/C31H43N5O4S/c37-22-33-27-10-5-4-9-25(27)21-34-41(39,40)30-20-26(12-13-28(30)35-31(38)29-11-6-16-32-29)36-17-14-24(15-18-36)19-23-7-2-1-3-8-23/h1-3,7-8,12-13,20,22,24-25,27,29,32,34H,4-6,9-11,14-19,21H2,(H,33,37)(H,35,38). The summed E-state index contributed by atoms with van der Waals surface area (Å²) in [7, 11) is -3.94. The van der Waals surface area contributed by atoms with Crippen LogP contribution < -0.4 is 25.6 Å². The first kappa shape index (κ1) is 29.5. The normalized spacial score (nSPS) is 23.7. The lowest BCUT2D eigenvalue weighted by Gasteiger charge is -2.34. The fourth-order valence-corrected chi connectivity index (χ4v) is 7.83. The maximum Gasteiger partial charge on any atom is 0.242 e. The second-order valence-corrected chi connectivity index (χ2v) is 13.5. The Hall–Kier alpha value is -2.95. The van der Waals surface area contributed by atoms with Crippen LogP contribution in [0.15, 0.2) is 53.4 Å². The van der Waals surface area contributed by atoms with E-state index in [9.17, 15) is 18.0 Å². The van der Waals surface area contributed by atoms with E-state index in [1.807, 2.05) is 12.1 Å². The van der Waals surface area contributed by atoms with E-state index in [1.54, 1.807) is 12.1 Å². The molecule has 0 bridgehead atoms. The SMILES string of the molecule is O=CNC1CCCCC1CNS(=O)(=O)c1cc(N2CCC(Cc3ccccc3)CC2)ccc1NC(=O)C1CCCN1. The van der Waals surface area contributed by atoms with Crippen LogP contribution in [0.2, 0.25) is 0 Å². The molecule has 2 heterocycles. The summed E-state index contributed by atoms with van der Waals surface area (Å²) in [6.07, 6.45) is 9.20. The van der Waals surface area contributed by atoms with E-state index in [-0.39, 0.29) is 35.3 Å². The molecular formula is C31H43N5O4S. The zero-order chi connectivity index (χ0) is 28.7. The highest BCUT2D eigenvalue weighted by atomic mass is 32.2. The van der Waals surface area contributed by atoms with Gasteiger partial charge in [0.05, 0.1) is 11.7 Å². The number of hydrogen-bond acceptors (Lipinski definition) is 6. The Labute approximate surface area is 243 Å². The third-order valence-electron chi connectivity index (χ3n) is 8.96. The van der Waals surface area contributed by atoms with Gasteiger partial charge in [-0.3, -0.25) is 9.59 Å². The Morgan fingerprint density at radius 2 is 1.76 bits per heavy atom. The Kier molecular flexibility index (Phi) is 9.95. The molecular weight excluding hydrogens is 538 g/mol. The number of nitrogens with zero attached hydrogens (tertiary/aromatic N) is 1. The van der Waals surface area contributed by atoms with Crippen molar-refractivity contribution in [3.63, 3.8) is 0 Å². The van der Waals surface area contributed by atoms with Crippen LogP contribution in [0.4, 0.5) is 11.4 Å². The van der Waals surface area contributed by atoms with Gasteiger partial charge in [-0.2, -0.15) is 0 Å². The summed E-state index contributed by atoms with van der Waals surface area (Å²) in [4.78, 5) is 26.4. The van der Waals surface area contributed by atoms with Gasteiger partial charge < -0.3 is 20.9 Å². The topological polar surface area (TPSA) is 120 Å². The van der Waals surface area contributed by atoms with Gasteiger partial charge in [-0.05, 0) is 87.1 Å². The first-order valence-electron chi connectivity index (χ1n) is 15.1. The summed E-state index contributed by atoms with van der Waals surface area (Å²) in [5, 5.41) is 8.94. The molecule has 9 nitrogen and oxygen atoms in total. The van der Waals surface area contributed by atoms with E-state index in [1.165, 1.54) is 5.56 Å². The summed E-state index contributed by atoms with van der Waals surface area (Å²) in [6, 6.07) is 15.5. The van der Waals surface area contributed by atoms with E-state index in [4.69, 9.17) is 0 Å². The molecule has 1 saturated carbocycles. The highest BCUT2D eigenvalue weighted by Crippen LogP contribution is 2.32. The van der Waals surface area contributed by atoms with Crippen LogP contribution in [-0.4, -0.2) is 59.0 Å². The Morgan fingerprint density at radius 3 is 2.49 bits per heavy atom. The van der Waals surface area contributed by atoms with Gasteiger partial charge in [-0.25, -0.2) is 13.1 Å². The number of amides is 2. The summed E-state index contributed by atoms with van der Waals surface area (Å²) >= 11 is 0. The maximum absolute atomic E-state index is 13.8. The number of benzene rings is 2. The molecule has 3 fully saturated rings. The number of piperidine rings is 1. The minimum absolute atomic E-state index is 0.0243. The van der Waals surface area contributed by atoms with Crippen molar-refractivity contribution in [2.75, 3.05) is 36.4 Å². The number of anilines is 2. The van der Waals surface area contributed by atoms with Crippen molar-refractivity contribution in [2.45, 2.75) is 74.8 Å². The molecule has 10 heteroatoms. The van der Waals surface area contributed by atoms with Gasteiger partial charge in [0.1, 0.15) is 4.90 Å². The molecule has 222 valence electrons. The van der Waals surface area contributed by atoms with E-state index in [2.05, 4.69) is 49.8 Å². The van der Waals surface area contributed by atoms with Crippen molar-refractivity contribution in [1.29, 1.82) is 0 Å². The van der Waals surface area contributed by atoms with Crippen LogP contribution in [-0.2, 0) is 26.0 Å². The minimum Gasteiger partial charge on any atom is -0.371 e. The largest absolute Gasteiger partial charge is 0.371 e. The summed E-state index contributed by atoms with van der Waals surface area (Å²) < 4.78 is 30.3. The second-order valence-electron chi connectivity index (χ2n) is 11.7. The molecule has 3 aliphatic rings. The lowest BCUT2D eigenvalue weighted by molar-refractivity contribution is -0.117. The second kappa shape index (κ2) is 13.8. The summed E-state index contributed by atoms with van der Waals surface area (Å²) in [5.74, 6) is 0.409. The van der Waals surface area contributed by atoms with Gasteiger partial charge >= 0.3 is 0 Å². The van der Waals surface area contributed by atoms with Gasteiger partial charge in [-0.1, -0.05) is 43.2 Å². The van der Waals surface area contributed by atoms with Crippen LogP contribution in [0.25, 0.3) is 0 Å². The van der Waals surface area contributed by atoms with Crippen LogP contribution >= 0.6 is 0 Å². The monoisotopic (exact) mass is 581 g/mol. The molecule has 1 aliphatic carbocycles. The average molecular weight is 582 g/mol. The van der Waals surface area contributed by atoms with Gasteiger partial charge in [0.25, 0.3) is 0 Å². The third kappa shape index (κ3) is 7.67. The van der Waals surface area contributed by atoms with Gasteiger partial charge in [0, 0.05) is 31.4 Å². The van der Waals surface area contributed by atoms with Gasteiger partial charge in [0.2, 0.25) is 22.3 Å². The van der Waals surface area contributed by atoms with Crippen LogP contribution in [0, 0.1) is 11.8 Å². The zero-order valence-corrected chi connectivity index (χ0v) is 24.5. The Bertz CT molecular complexity index is 1270. The Morgan fingerprint density at radius 1 is 0.976 bits per heavy atom. The van der Waals surface area contributed by atoms with Crippen molar-refractivity contribution in [2.24, 2.45) is 11.8 Å². The number of carbonyl (C=O) groups excluding carboxylic acids is 2. The summed E-state index contributed by atoms with van der Waals surface area (Å²) in [6.45, 7) is 2.72. The Balaban J connectivity index is 1.32. The molecule has 3 unspecified atom stereocenters. The number of rotatable bonds is 11. The molecule has 4 N–H and O–H groups in total. The number of hydrogen-bond donors (Lipinski definition) is 4. The maximum atomic E-state index is 13.8. The van der Waals surface area contributed by atoms with Crippen LogP contribution in [0.3, 0.4) is 0 Å². The smallest absolute Gasteiger partial charge is 0.242 e. The van der Waals surface area contributed by atoms with E-state index in [0.29, 0.717) is 18.0 Å². The van der Waals surface area contributed by atoms with E-state index >= 15 is 0 Å². The van der Waals surface area contributed by atoms with Crippen molar-refractivity contribution in [3.8, 4) is 0 Å². The van der Waals surface area contributed by atoms with Gasteiger partial charge in [-0.15, -0.1) is 0 Å². The molecule has 2 saturated heterocycles. The van der Waals surface area contributed by atoms with Crippen molar-refractivity contribution >= 4 is 33.7 Å². The van der Waals surface area contributed by atoms with Crippen LogP contribution in [0.1, 0.15) is 56.9 Å². The molecule has 0 radical (unpaired) electrons. The fourth-order valence-electron chi connectivity index (χ4n) is 6.56. The van der Waals surface area contributed by atoms with E-state index < -0.39 is 10.0 Å². The number of carbonyl (C=O) groups is 2. The third-order valence-corrected chi connectivity index (χ3v) is 10.4. The number of nitrogens with one attached hydrogen (secondary N) is 4. The minimum atomic E-state index is -3.94. The lowest BCUT2D eigenvalue weighted by atomic mass is 9.85. The molecule has 2 amide bonds. The predicted molar refractivity (Wildman–Crippen MR) is 161 cm³/mol. The van der Waals surface area contributed by atoms with Crippen molar-refractivity contribution in [3.05, 3.63) is 54.1 Å².